The van der Waals surface area contributed by atoms with Crippen molar-refractivity contribution in [2.75, 3.05) is 6.61 Å². The van der Waals surface area contributed by atoms with E-state index in [4.69, 9.17) is 14.9 Å². The Morgan fingerprint density at radius 2 is 1.78 bits per heavy atom. The molecular formula is C29H39NO11. The molecule has 3 fully saturated rings. The van der Waals surface area contributed by atoms with E-state index in [2.05, 4.69) is 6.92 Å². The van der Waals surface area contributed by atoms with Crippen molar-refractivity contribution in [1.82, 2.24) is 5.32 Å². The second-order valence-electron chi connectivity index (χ2n) is 12.6. The largest absolute Gasteiger partial charge is 0.481 e. The number of rotatable bonds is 10. The molecule has 0 radical (unpaired) electrons. The van der Waals surface area contributed by atoms with Crippen LogP contribution < -0.4 is 5.32 Å². The molecule has 0 unspecified atom stereocenters. The molecule has 12 nitrogen and oxygen atoms in total. The minimum absolute atomic E-state index is 0.0340. The van der Waals surface area contributed by atoms with Crippen LogP contribution in [0.4, 0.5) is 0 Å². The molecule has 0 aromatic rings. The first-order chi connectivity index (χ1) is 19.1. The lowest BCUT2D eigenvalue weighted by molar-refractivity contribution is -0.184. The number of hydrogen-bond acceptors (Lipinski definition) is 9. The van der Waals surface area contributed by atoms with Gasteiger partial charge in [0, 0.05) is 18.3 Å². The van der Waals surface area contributed by atoms with Crippen molar-refractivity contribution < 1.29 is 53.9 Å². The third-order valence-corrected chi connectivity index (χ3v) is 10.4. The summed E-state index contributed by atoms with van der Waals surface area (Å²) < 4.78 is 5.06. The van der Waals surface area contributed by atoms with Crippen LogP contribution in [0, 0.1) is 28.6 Å². The summed E-state index contributed by atoms with van der Waals surface area (Å²) >= 11 is 0. The molecule has 4 aliphatic rings. The van der Waals surface area contributed by atoms with Crippen molar-refractivity contribution in [2.24, 2.45) is 28.6 Å². The maximum absolute atomic E-state index is 13.3. The average molecular weight is 578 g/mol. The van der Waals surface area contributed by atoms with E-state index in [-0.39, 0.29) is 41.8 Å². The predicted octanol–water partition coefficient (Wildman–Crippen LogP) is 1.16. The molecule has 8 atom stereocenters. The first-order valence-corrected chi connectivity index (χ1v) is 14.2. The van der Waals surface area contributed by atoms with Gasteiger partial charge in [-0.3, -0.25) is 24.0 Å². The molecule has 0 spiro atoms. The highest BCUT2D eigenvalue weighted by Crippen LogP contribution is 2.67. The fraction of sp³-hybridized carbons (Fsp3) is 0.724. The van der Waals surface area contributed by atoms with Gasteiger partial charge in [-0.25, -0.2) is 4.79 Å². The number of carboxylic acids is 2. The molecule has 4 rings (SSSR count). The SMILES string of the molecule is C[C@]12CCC(=O)C=C1CC[C@@H]1[C@@H]2[C@@H](O)C[C@@]2(C)[C@H]1CC[C@]2(O)C(=O)COC(=O)CCC(=O)N[C@H](CC(=O)O)C(=O)O. The highest BCUT2D eigenvalue weighted by atomic mass is 16.5. The van der Waals surface area contributed by atoms with Crippen molar-refractivity contribution in [3.05, 3.63) is 11.6 Å². The number of ether oxygens (including phenoxy) is 1. The predicted molar refractivity (Wildman–Crippen MR) is 140 cm³/mol. The summed E-state index contributed by atoms with van der Waals surface area (Å²) in [4.78, 5) is 71.5. The van der Waals surface area contributed by atoms with Gasteiger partial charge in [-0.15, -0.1) is 0 Å². The molecule has 4 aliphatic carbocycles. The lowest BCUT2D eigenvalue weighted by Gasteiger charge is -2.60. The van der Waals surface area contributed by atoms with Crippen molar-refractivity contribution >= 4 is 35.4 Å². The van der Waals surface area contributed by atoms with Gasteiger partial charge in [0.05, 0.1) is 18.9 Å². The number of carbonyl (C=O) groups is 6. The number of hydrogen-bond donors (Lipinski definition) is 5. The number of Topliss-reactive ketones (excluding diaryl/α,β-unsaturated/α-hetero) is 1. The second kappa shape index (κ2) is 11.3. The molecule has 5 N–H and O–H groups in total. The molecule has 0 heterocycles. The lowest BCUT2D eigenvalue weighted by Crippen LogP contribution is -2.62. The number of aliphatic carboxylic acids is 2. The Hall–Kier alpha value is -3.12. The van der Waals surface area contributed by atoms with E-state index < -0.39 is 78.6 Å². The number of aliphatic hydroxyl groups is 2. The highest BCUT2D eigenvalue weighted by Gasteiger charge is 2.68. The maximum atomic E-state index is 13.3. The molecular weight excluding hydrogens is 538 g/mol. The van der Waals surface area contributed by atoms with Crippen LogP contribution in [0.3, 0.4) is 0 Å². The number of nitrogens with one attached hydrogen (secondary N) is 1. The highest BCUT2D eigenvalue weighted by molar-refractivity contribution is 5.92. The fourth-order valence-corrected chi connectivity index (χ4v) is 8.34. The van der Waals surface area contributed by atoms with Gasteiger partial charge in [0.2, 0.25) is 11.7 Å². The van der Waals surface area contributed by atoms with Gasteiger partial charge in [-0.05, 0) is 67.8 Å². The number of esters is 1. The van der Waals surface area contributed by atoms with Crippen LogP contribution in [0.25, 0.3) is 0 Å². The zero-order valence-corrected chi connectivity index (χ0v) is 23.4. The van der Waals surface area contributed by atoms with Crippen molar-refractivity contribution in [2.45, 2.75) is 95.8 Å². The Labute approximate surface area is 237 Å². The summed E-state index contributed by atoms with van der Waals surface area (Å²) in [6.07, 6.45) is 2.74. The van der Waals surface area contributed by atoms with Crippen LogP contribution in [-0.4, -0.2) is 80.2 Å². The zero-order valence-electron chi connectivity index (χ0n) is 23.4. The van der Waals surface area contributed by atoms with Crippen LogP contribution >= 0.6 is 0 Å². The van der Waals surface area contributed by atoms with Crippen LogP contribution in [0.5, 0.6) is 0 Å². The molecule has 226 valence electrons. The summed E-state index contributed by atoms with van der Waals surface area (Å²) in [6.45, 7) is 3.23. The fourth-order valence-electron chi connectivity index (χ4n) is 8.34. The summed E-state index contributed by atoms with van der Waals surface area (Å²) in [5.41, 5.74) is -1.97. The number of carbonyl (C=O) groups excluding carboxylic acids is 4. The van der Waals surface area contributed by atoms with Gasteiger partial charge in [0.25, 0.3) is 0 Å². The number of amides is 1. The van der Waals surface area contributed by atoms with E-state index >= 15 is 0 Å². The number of carboxylic acid groups (broad SMARTS) is 2. The quantitative estimate of drug-likeness (QED) is 0.233. The monoisotopic (exact) mass is 577 g/mol. The van der Waals surface area contributed by atoms with E-state index in [1.807, 2.05) is 12.2 Å². The van der Waals surface area contributed by atoms with E-state index in [1.54, 1.807) is 6.08 Å². The van der Waals surface area contributed by atoms with Gasteiger partial charge < -0.3 is 30.5 Å². The molecule has 41 heavy (non-hydrogen) atoms. The number of fused-ring (bicyclic) bond motifs is 5. The normalized spacial score (nSPS) is 36.6. The molecule has 0 aromatic heterocycles. The Balaban J connectivity index is 1.36. The smallest absolute Gasteiger partial charge is 0.326 e. The third kappa shape index (κ3) is 5.55. The summed E-state index contributed by atoms with van der Waals surface area (Å²) in [5.74, 6) is -5.32. The molecule has 12 heteroatoms. The minimum Gasteiger partial charge on any atom is -0.481 e. The van der Waals surface area contributed by atoms with Gasteiger partial charge in [0.1, 0.15) is 11.6 Å². The van der Waals surface area contributed by atoms with E-state index in [0.717, 1.165) is 18.4 Å². The van der Waals surface area contributed by atoms with Crippen LogP contribution in [0.2, 0.25) is 0 Å². The maximum Gasteiger partial charge on any atom is 0.326 e. The first-order valence-electron chi connectivity index (χ1n) is 14.2. The Bertz CT molecular complexity index is 1180. The van der Waals surface area contributed by atoms with Gasteiger partial charge in [-0.2, -0.15) is 0 Å². The number of ketones is 2. The van der Waals surface area contributed by atoms with Crippen LogP contribution in [0.15, 0.2) is 11.6 Å². The van der Waals surface area contributed by atoms with Crippen LogP contribution in [-0.2, 0) is 33.5 Å². The van der Waals surface area contributed by atoms with E-state index in [9.17, 15) is 39.0 Å². The molecule has 0 saturated heterocycles. The topological polar surface area (TPSA) is 205 Å². The Morgan fingerprint density at radius 3 is 2.44 bits per heavy atom. The Kier molecular flexibility index (Phi) is 8.48. The summed E-state index contributed by atoms with van der Waals surface area (Å²) in [5, 5.41) is 43.0. The molecule has 0 aliphatic heterocycles. The summed E-state index contributed by atoms with van der Waals surface area (Å²) in [6, 6.07) is -1.65. The summed E-state index contributed by atoms with van der Waals surface area (Å²) in [7, 11) is 0. The second-order valence-corrected chi connectivity index (χ2v) is 12.6. The van der Waals surface area contributed by atoms with Crippen molar-refractivity contribution in [3.63, 3.8) is 0 Å². The van der Waals surface area contributed by atoms with Gasteiger partial charge in [-0.1, -0.05) is 19.4 Å². The molecule has 1 amide bonds. The van der Waals surface area contributed by atoms with Crippen LogP contribution in [0.1, 0.15) is 78.1 Å². The molecule has 0 aromatic carbocycles. The minimum atomic E-state index is -1.81. The molecule has 3 saturated carbocycles. The number of allylic oxidation sites excluding steroid dienone is 1. The standard InChI is InChI=1S/C29H39NO11/c1-27-9-7-16(31)11-15(27)3-4-17-18-8-10-29(40,28(18,2)13-20(32)25(17)27)21(33)14-41-24(37)6-5-22(34)30-19(26(38)39)12-23(35)36/h11,17-20,25,32,40H,3-10,12-14H2,1-2H3,(H,30,34)(H,35,36)(H,38,39)/t17-,18-,19+,20-,25+,27-,28-,29-/m0/s1. The van der Waals surface area contributed by atoms with E-state index in [1.165, 1.54) is 0 Å². The van der Waals surface area contributed by atoms with Crippen molar-refractivity contribution in [3.8, 4) is 0 Å². The first kappa shape index (κ1) is 30.8. The lowest BCUT2D eigenvalue weighted by atomic mass is 9.45. The molecule has 0 bridgehead atoms. The third-order valence-electron chi connectivity index (χ3n) is 10.4. The average Bonchev–Trinajstić information content (AvgIpc) is 3.16. The van der Waals surface area contributed by atoms with Crippen molar-refractivity contribution in [1.29, 1.82) is 0 Å². The Morgan fingerprint density at radius 1 is 1.07 bits per heavy atom. The van der Waals surface area contributed by atoms with Gasteiger partial charge >= 0.3 is 17.9 Å². The zero-order chi connectivity index (χ0) is 30.3. The number of aliphatic hydroxyl groups excluding tert-OH is 1. The van der Waals surface area contributed by atoms with Gasteiger partial charge in [0.15, 0.2) is 12.4 Å². The van der Waals surface area contributed by atoms with E-state index in [0.29, 0.717) is 19.3 Å².